The summed E-state index contributed by atoms with van der Waals surface area (Å²) in [5, 5.41) is 13.9. The number of pyridine rings is 1. The van der Waals surface area contributed by atoms with Gasteiger partial charge in [0.2, 0.25) is 5.91 Å². The molecule has 2 aliphatic carbocycles. The SMILES string of the molecule is O=C(C1C[C@H]2CCC[C@@H]1CCC2O)N1Cc2cccnc2Nc2ccccc21. The summed E-state index contributed by atoms with van der Waals surface area (Å²) >= 11 is 0. The molecule has 0 spiro atoms. The van der Waals surface area contributed by atoms with Crippen molar-refractivity contribution in [2.24, 2.45) is 17.8 Å². The quantitative estimate of drug-likeness (QED) is 0.780. The molecule has 3 aliphatic rings. The number of aliphatic hydroxyl groups excluding tert-OH is 1. The first-order valence-electron chi connectivity index (χ1n) is 10.5. The number of hydrogen-bond donors (Lipinski definition) is 2. The highest BCUT2D eigenvalue weighted by molar-refractivity contribution is 5.99. The predicted octanol–water partition coefficient (Wildman–Crippen LogP) is 4.25. The highest BCUT2D eigenvalue weighted by Gasteiger charge is 2.41. The van der Waals surface area contributed by atoms with E-state index in [9.17, 15) is 9.90 Å². The molecule has 4 atom stereocenters. The van der Waals surface area contributed by atoms with Crippen molar-refractivity contribution in [3.05, 3.63) is 48.2 Å². The molecule has 146 valence electrons. The van der Waals surface area contributed by atoms with E-state index in [4.69, 9.17) is 0 Å². The van der Waals surface area contributed by atoms with E-state index >= 15 is 0 Å². The number of carbonyl (C=O) groups excluding carboxylic acids is 1. The van der Waals surface area contributed by atoms with Crippen LogP contribution in [-0.4, -0.2) is 22.1 Å². The van der Waals surface area contributed by atoms with Gasteiger partial charge in [-0.15, -0.1) is 0 Å². The molecule has 2 unspecified atom stereocenters. The molecule has 2 heterocycles. The Kier molecular flexibility index (Phi) is 4.55. The van der Waals surface area contributed by atoms with E-state index in [-0.39, 0.29) is 23.8 Å². The number of aliphatic hydroxyl groups is 1. The van der Waals surface area contributed by atoms with Gasteiger partial charge in [-0.2, -0.15) is 0 Å². The van der Waals surface area contributed by atoms with Gasteiger partial charge in [0.15, 0.2) is 0 Å². The van der Waals surface area contributed by atoms with Crippen LogP contribution in [0.4, 0.5) is 17.2 Å². The zero-order chi connectivity index (χ0) is 19.1. The minimum absolute atomic E-state index is 0.00377. The molecule has 2 saturated carbocycles. The van der Waals surface area contributed by atoms with E-state index < -0.39 is 0 Å². The lowest BCUT2D eigenvalue weighted by Crippen LogP contribution is -2.38. The number of nitrogens with zero attached hydrogens (tertiary/aromatic N) is 2. The number of hydrogen-bond acceptors (Lipinski definition) is 4. The summed E-state index contributed by atoms with van der Waals surface area (Å²) in [6.45, 7) is 0.530. The van der Waals surface area contributed by atoms with Crippen LogP contribution in [0.3, 0.4) is 0 Å². The van der Waals surface area contributed by atoms with Gasteiger partial charge in [-0.25, -0.2) is 4.98 Å². The van der Waals surface area contributed by atoms with E-state index in [1.165, 1.54) is 0 Å². The Morgan fingerprint density at radius 1 is 1.07 bits per heavy atom. The van der Waals surface area contributed by atoms with Gasteiger partial charge >= 0.3 is 0 Å². The summed E-state index contributed by atoms with van der Waals surface area (Å²) in [5.41, 5.74) is 2.87. The van der Waals surface area contributed by atoms with E-state index in [0.717, 1.165) is 61.3 Å². The van der Waals surface area contributed by atoms with Crippen molar-refractivity contribution >= 4 is 23.1 Å². The van der Waals surface area contributed by atoms with Crippen LogP contribution in [0.2, 0.25) is 0 Å². The first-order valence-corrected chi connectivity index (χ1v) is 10.5. The molecular weight excluding hydrogens is 350 g/mol. The van der Waals surface area contributed by atoms with Crippen LogP contribution in [0.1, 0.15) is 44.1 Å². The molecule has 5 heteroatoms. The van der Waals surface area contributed by atoms with Crippen molar-refractivity contribution in [2.75, 3.05) is 10.2 Å². The minimum atomic E-state index is -0.247. The van der Waals surface area contributed by atoms with E-state index in [0.29, 0.717) is 12.5 Å². The molecule has 0 saturated heterocycles. The molecule has 2 N–H and O–H groups in total. The molecule has 1 aliphatic heterocycles. The van der Waals surface area contributed by atoms with Crippen LogP contribution in [-0.2, 0) is 11.3 Å². The molecular formula is C23H27N3O2. The lowest BCUT2D eigenvalue weighted by atomic mass is 9.84. The van der Waals surface area contributed by atoms with Crippen LogP contribution >= 0.6 is 0 Å². The molecule has 1 amide bonds. The Labute approximate surface area is 165 Å². The molecule has 2 fully saturated rings. The summed E-state index contributed by atoms with van der Waals surface area (Å²) in [7, 11) is 0. The number of rotatable bonds is 1. The number of aromatic nitrogens is 1. The molecule has 2 bridgehead atoms. The summed E-state index contributed by atoms with van der Waals surface area (Å²) in [6, 6.07) is 12.0. The van der Waals surface area contributed by atoms with Gasteiger partial charge in [0.05, 0.1) is 24.0 Å². The predicted molar refractivity (Wildman–Crippen MR) is 109 cm³/mol. The van der Waals surface area contributed by atoms with Crippen molar-refractivity contribution in [2.45, 2.75) is 51.2 Å². The third-order valence-electron chi connectivity index (χ3n) is 6.90. The van der Waals surface area contributed by atoms with Gasteiger partial charge in [-0.3, -0.25) is 4.79 Å². The van der Waals surface area contributed by atoms with Gasteiger partial charge in [0.1, 0.15) is 5.82 Å². The van der Waals surface area contributed by atoms with Crippen molar-refractivity contribution in [3.63, 3.8) is 0 Å². The third-order valence-corrected chi connectivity index (χ3v) is 6.90. The first kappa shape index (κ1) is 17.7. The summed E-state index contributed by atoms with van der Waals surface area (Å²) in [6.07, 6.45) is 7.42. The van der Waals surface area contributed by atoms with Crippen molar-refractivity contribution in [3.8, 4) is 0 Å². The Balaban J connectivity index is 1.53. The fourth-order valence-corrected chi connectivity index (χ4v) is 5.37. The maximum Gasteiger partial charge on any atom is 0.230 e. The number of anilines is 3. The molecule has 28 heavy (non-hydrogen) atoms. The van der Waals surface area contributed by atoms with Crippen molar-refractivity contribution < 1.29 is 9.90 Å². The van der Waals surface area contributed by atoms with Gasteiger partial charge in [0, 0.05) is 17.7 Å². The van der Waals surface area contributed by atoms with Crippen LogP contribution in [0.15, 0.2) is 42.6 Å². The highest BCUT2D eigenvalue weighted by Crippen LogP contribution is 2.44. The van der Waals surface area contributed by atoms with Crippen LogP contribution < -0.4 is 10.2 Å². The molecule has 1 aromatic heterocycles. The number of amides is 1. The number of carbonyl (C=O) groups is 1. The second-order valence-corrected chi connectivity index (χ2v) is 8.52. The average Bonchev–Trinajstić information content (AvgIpc) is 3.09. The summed E-state index contributed by atoms with van der Waals surface area (Å²) in [4.78, 5) is 20.3. The third kappa shape index (κ3) is 3.08. The Hall–Kier alpha value is -2.40. The Morgan fingerprint density at radius 3 is 2.86 bits per heavy atom. The van der Waals surface area contributed by atoms with Gasteiger partial charge in [0.25, 0.3) is 0 Å². The number of nitrogens with one attached hydrogen (secondary N) is 1. The second kappa shape index (κ2) is 7.21. The number of fused-ring (bicyclic) bond motifs is 5. The zero-order valence-corrected chi connectivity index (χ0v) is 16.1. The zero-order valence-electron chi connectivity index (χ0n) is 16.1. The number of benzene rings is 1. The Morgan fingerprint density at radius 2 is 1.93 bits per heavy atom. The molecule has 0 radical (unpaired) electrons. The van der Waals surface area contributed by atoms with E-state index in [1.54, 1.807) is 6.20 Å². The lowest BCUT2D eigenvalue weighted by molar-refractivity contribution is -0.124. The highest BCUT2D eigenvalue weighted by atomic mass is 16.3. The fraction of sp³-hybridized carbons (Fsp3) is 0.478. The smallest absolute Gasteiger partial charge is 0.230 e. The molecule has 1 aromatic carbocycles. The topological polar surface area (TPSA) is 65.5 Å². The second-order valence-electron chi connectivity index (χ2n) is 8.52. The maximum absolute atomic E-state index is 13.9. The fourth-order valence-electron chi connectivity index (χ4n) is 5.37. The summed E-state index contributed by atoms with van der Waals surface area (Å²) < 4.78 is 0. The molecule has 5 nitrogen and oxygen atoms in total. The van der Waals surface area contributed by atoms with Gasteiger partial charge in [-0.05, 0) is 62.1 Å². The van der Waals surface area contributed by atoms with E-state index in [1.807, 2.05) is 41.3 Å². The molecule has 2 aromatic rings. The first-order chi connectivity index (χ1) is 13.7. The minimum Gasteiger partial charge on any atom is -0.393 e. The van der Waals surface area contributed by atoms with Gasteiger partial charge < -0.3 is 15.3 Å². The van der Waals surface area contributed by atoms with Crippen LogP contribution in [0, 0.1) is 17.8 Å². The standard InChI is InChI=1S/C23H27N3O2/c27-21-11-10-15-5-3-6-16(21)13-18(15)23(28)26-14-17-7-4-12-24-22(17)25-19-8-1-2-9-20(19)26/h1-2,4,7-9,12,15-16,18,21,27H,3,5-6,10-11,13-14H2,(H,24,25)/t15-,16-,18?,21?/m1/s1. The van der Waals surface area contributed by atoms with Crippen LogP contribution in [0.5, 0.6) is 0 Å². The number of para-hydroxylation sites is 2. The van der Waals surface area contributed by atoms with Crippen molar-refractivity contribution in [1.82, 2.24) is 4.98 Å². The lowest BCUT2D eigenvalue weighted by Gasteiger charge is -2.30. The average molecular weight is 377 g/mol. The largest absolute Gasteiger partial charge is 0.393 e. The van der Waals surface area contributed by atoms with Crippen LogP contribution in [0.25, 0.3) is 0 Å². The normalized spacial score (nSPS) is 29.0. The van der Waals surface area contributed by atoms with Crippen molar-refractivity contribution in [1.29, 1.82) is 0 Å². The maximum atomic E-state index is 13.9. The molecule has 5 rings (SSSR count). The van der Waals surface area contributed by atoms with Gasteiger partial charge in [-0.1, -0.05) is 24.6 Å². The van der Waals surface area contributed by atoms with E-state index in [2.05, 4.69) is 10.3 Å². The summed E-state index contributed by atoms with van der Waals surface area (Å²) in [5.74, 6) is 1.66. The monoisotopic (exact) mass is 377 g/mol. The Bertz CT molecular complexity index is 884.